The summed E-state index contributed by atoms with van der Waals surface area (Å²) in [6.07, 6.45) is 0.896. The molecule has 1 amide bonds. The highest BCUT2D eigenvalue weighted by Gasteiger charge is 2.31. The van der Waals surface area contributed by atoms with E-state index in [1.165, 1.54) is 8.99 Å². The highest BCUT2D eigenvalue weighted by Crippen LogP contribution is 2.22. The van der Waals surface area contributed by atoms with Gasteiger partial charge in [0.2, 0.25) is 15.9 Å². The van der Waals surface area contributed by atoms with Gasteiger partial charge in [0.15, 0.2) is 0 Å². The number of nitrogens with zero attached hydrogens (tertiary/aromatic N) is 3. The highest BCUT2D eigenvalue weighted by molar-refractivity contribution is 7.89. The summed E-state index contributed by atoms with van der Waals surface area (Å²) in [5, 5.41) is 2.79. The van der Waals surface area contributed by atoms with Crippen LogP contribution in [0.2, 0.25) is 0 Å². The summed E-state index contributed by atoms with van der Waals surface area (Å²) in [6, 6.07) is 9.23. The smallest absolute Gasteiger partial charge is 0.295 e. The Kier molecular flexibility index (Phi) is 5.76. The predicted octanol–water partition coefficient (Wildman–Crippen LogP) is 1.48. The Morgan fingerprint density at radius 1 is 1.18 bits per heavy atom. The Bertz CT molecular complexity index is 1020. The highest BCUT2D eigenvalue weighted by atomic mass is 32.2. The Labute approximate surface area is 164 Å². The normalized spacial score (nSPS) is 16.2. The number of carbonyl (C=O) groups is 1. The van der Waals surface area contributed by atoms with E-state index in [0.717, 1.165) is 5.69 Å². The quantitative estimate of drug-likeness (QED) is 0.814. The maximum absolute atomic E-state index is 12.9. The van der Waals surface area contributed by atoms with Gasteiger partial charge in [-0.25, -0.2) is 17.4 Å². The van der Waals surface area contributed by atoms with Gasteiger partial charge in [0, 0.05) is 26.1 Å². The predicted molar refractivity (Wildman–Crippen MR) is 108 cm³/mol. The second-order valence-corrected chi connectivity index (χ2v) is 9.26. The van der Waals surface area contributed by atoms with Crippen LogP contribution in [0.15, 0.2) is 35.1 Å². The topological polar surface area (TPSA) is 93.4 Å². The molecule has 1 saturated heterocycles. The Balaban J connectivity index is 1.76. The molecule has 8 nitrogen and oxygen atoms in total. The molecule has 1 aromatic heterocycles. The first-order valence-electron chi connectivity index (χ1n) is 9.39. The summed E-state index contributed by atoms with van der Waals surface area (Å²) in [5.41, 5.74) is 1.36. The van der Waals surface area contributed by atoms with Gasteiger partial charge in [-0.05, 0) is 38.8 Å². The van der Waals surface area contributed by atoms with E-state index >= 15 is 0 Å². The van der Waals surface area contributed by atoms with Crippen LogP contribution in [0.3, 0.4) is 0 Å². The molecule has 2 heterocycles. The maximum Gasteiger partial charge on any atom is 0.295 e. The van der Waals surface area contributed by atoms with Crippen molar-refractivity contribution in [3.63, 3.8) is 0 Å². The van der Waals surface area contributed by atoms with E-state index in [-0.39, 0.29) is 28.8 Å². The molecule has 28 heavy (non-hydrogen) atoms. The van der Waals surface area contributed by atoms with Gasteiger partial charge >= 0.3 is 0 Å². The van der Waals surface area contributed by atoms with Crippen molar-refractivity contribution in [3.8, 4) is 5.69 Å². The molecule has 0 saturated carbocycles. The molecule has 0 unspecified atom stereocenters. The van der Waals surface area contributed by atoms with Crippen LogP contribution in [0, 0.1) is 12.8 Å². The van der Waals surface area contributed by atoms with Crippen molar-refractivity contribution in [2.24, 2.45) is 13.0 Å². The molecule has 3 rings (SSSR count). The average Bonchev–Trinajstić information content (AvgIpc) is 2.92. The summed E-state index contributed by atoms with van der Waals surface area (Å²) in [4.78, 5) is 25.6. The minimum Gasteiger partial charge on any atom is -0.320 e. The molecule has 1 N–H and O–H groups in total. The molecule has 0 spiro atoms. The van der Waals surface area contributed by atoms with Crippen LogP contribution in [0.4, 0.5) is 5.69 Å². The Morgan fingerprint density at radius 3 is 2.36 bits per heavy atom. The maximum atomic E-state index is 12.9. The van der Waals surface area contributed by atoms with Gasteiger partial charge in [-0.3, -0.25) is 14.3 Å². The van der Waals surface area contributed by atoms with Crippen LogP contribution in [0.5, 0.6) is 0 Å². The molecule has 9 heteroatoms. The zero-order chi connectivity index (χ0) is 20.5. The number of amides is 1. The molecule has 1 aliphatic rings. The van der Waals surface area contributed by atoms with Crippen molar-refractivity contribution in [1.29, 1.82) is 0 Å². The third-order valence-electron chi connectivity index (χ3n) is 5.39. The molecule has 2 aromatic rings. The molecule has 1 fully saturated rings. The lowest BCUT2D eigenvalue weighted by Crippen LogP contribution is -2.42. The first-order chi connectivity index (χ1) is 13.3. The van der Waals surface area contributed by atoms with E-state index in [1.54, 1.807) is 25.6 Å². The van der Waals surface area contributed by atoms with Gasteiger partial charge in [-0.1, -0.05) is 18.2 Å². The van der Waals surface area contributed by atoms with Gasteiger partial charge in [0.05, 0.1) is 17.1 Å². The van der Waals surface area contributed by atoms with Gasteiger partial charge < -0.3 is 5.32 Å². The van der Waals surface area contributed by atoms with Crippen LogP contribution < -0.4 is 10.9 Å². The first-order valence-corrected chi connectivity index (χ1v) is 11.0. The second kappa shape index (κ2) is 7.92. The molecular formula is C19H26N4O4S. The van der Waals surface area contributed by atoms with Crippen LogP contribution >= 0.6 is 0 Å². The van der Waals surface area contributed by atoms with Crippen LogP contribution in [-0.2, 0) is 21.9 Å². The van der Waals surface area contributed by atoms with Crippen molar-refractivity contribution >= 4 is 21.6 Å². The van der Waals surface area contributed by atoms with E-state index < -0.39 is 10.0 Å². The summed E-state index contributed by atoms with van der Waals surface area (Å²) in [5.74, 6) is -0.487. The molecule has 1 aromatic carbocycles. The number of hydrogen-bond donors (Lipinski definition) is 1. The Hall–Kier alpha value is -2.39. The lowest BCUT2D eigenvalue weighted by Gasteiger charge is -2.30. The summed E-state index contributed by atoms with van der Waals surface area (Å²) < 4.78 is 28.6. The largest absolute Gasteiger partial charge is 0.320 e. The number of nitrogens with one attached hydrogen (secondary N) is 1. The number of carbonyl (C=O) groups excluding carboxylic acids is 1. The SMILES string of the molecule is CCS(=O)(=O)N1CCC(C(=O)Nc2c(C)n(C)n(-c3ccccc3)c2=O)CC1. The van der Waals surface area contributed by atoms with E-state index in [2.05, 4.69) is 5.32 Å². The third-order valence-corrected chi connectivity index (χ3v) is 7.27. The molecule has 0 atom stereocenters. The average molecular weight is 407 g/mol. The fourth-order valence-electron chi connectivity index (χ4n) is 3.52. The standard InChI is InChI=1S/C19H26N4O4S/c1-4-28(26,27)22-12-10-15(11-13-22)18(24)20-17-14(2)21(3)23(19(17)25)16-8-6-5-7-9-16/h5-9,15H,4,10-13H2,1-3H3,(H,20,24). The van der Waals surface area contributed by atoms with E-state index in [1.807, 2.05) is 30.3 Å². The van der Waals surface area contributed by atoms with Crippen molar-refractivity contribution in [2.75, 3.05) is 24.2 Å². The van der Waals surface area contributed by atoms with E-state index in [9.17, 15) is 18.0 Å². The summed E-state index contributed by atoms with van der Waals surface area (Å²) >= 11 is 0. The van der Waals surface area contributed by atoms with Gasteiger partial charge in [0.25, 0.3) is 5.56 Å². The summed E-state index contributed by atoms with van der Waals surface area (Å²) in [6.45, 7) is 4.06. The van der Waals surface area contributed by atoms with Gasteiger partial charge in [0.1, 0.15) is 5.69 Å². The number of sulfonamides is 1. The number of rotatable bonds is 5. The molecular weight excluding hydrogens is 380 g/mol. The fourth-order valence-corrected chi connectivity index (χ4v) is 4.65. The second-order valence-electron chi connectivity index (χ2n) is 7.00. The lowest BCUT2D eigenvalue weighted by molar-refractivity contribution is -0.120. The minimum atomic E-state index is -3.23. The van der Waals surface area contributed by atoms with E-state index in [0.29, 0.717) is 31.6 Å². The third kappa shape index (κ3) is 3.77. The van der Waals surface area contributed by atoms with Crippen LogP contribution in [0.25, 0.3) is 5.69 Å². The van der Waals surface area contributed by atoms with Crippen molar-refractivity contribution in [1.82, 2.24) is 13.7 Å². The summed E-state index contributed by atoms with van der Waals surface area (Å²) in [7, 11) is -1.46. The number of anilines is 1. The first kappa shape index (κ1) is 20.3. The molecule has 0 aliphatic carbocycles. The zero-order valence-corrected chi connectivity index (χ0v) is 17.2. The number of benzene rings is 1. The Morgan fingerprint density at radius 2 is 1.79 bits per heavy atom. The minimum absolute atomic E-state index is 0.0616. The van der Waals surface area contributed by atoms with Crippen molar-refractivity contribution in [2.45, 2.75) is 26.7 Å². The molecule has 0 bridgehead atoms. The number of para-hydroxylation sites is 1. The zero-order valence-electron chi connectivity index (χ0n) is 16.4. The van der Waals surface area contributed by atoms with E-state index in [4.69, 9.17) is 0 Å². The number of hydrogen-bond acceptors (Lipinski definition) is 4. The van der Waals surface area contributed by atoms with Crippen molar-refractivity contribution in [3.05, 3.63) is 46.4 Å². The molecule has 1 aliphatic heterocycles. The lowest BCUT2D eigenvalue weighted by atomic mass is 9.97. The molecule has 0 radical (unpaired) electrons. The molecule has 152 valence electrons. The van der Waals surface area contributed by atoms with Gasteiger partial charge in [-0.2, -0.15) is 0 Å². The van der Waals surface area contributed by atoms with Crippen LogP contribution in [0.1, 0.15) is 25.5 Å². The fraction of sp³-hybridized carbons (Fsp3) is 0.474. The monoisotopic (exact) mass is 406 g/mol. The van der Waals surface area contributed by atoms with Crippen molar-refractivity contribution < 1.29 is 13.2 Å². The van der Waals surface area contributed by atoms with Gasteiger partial charge in [-0.15, -0.1) is 0 Å². The number of piperidine rings is 1. The number of aromatic nitrogens is 2. The van der Waals surface area contributed by atoms with Crippen LogP contribution in [-0.4, -0.2) is 46.8 Å².